The molecule has 1 heterocycles. The number of rotatable bonds is 1. The maximum absolute atomic E-state index is 3.73. The first-order chi connectivity index (χ1) is 5.86. The standard InChI is InChI=1S/C7H4BrN4/c8-6-3-1-5(2-4-6)7-9-11-12-10-7/h1-4H. The zero-order valence-corrected chi connectivity index (χ0v) is 7.56. The molecule has 5 heteroatoms. The average Bonchev–Trinajstić information content (AvgIpc) is 2.58. The Hall–Kier alpha value is -1.23. The van der Waals surface area contributed by atoms with E-state index in [2.05, 4.69) is 36.9 Å². The van der Waals surface area contributed by atoms with E-state index in [9.17, 15) is 0 Å². The maximum Gasteiger partial charge on any atom is 0.207 e. The van der Waals surface area contributed by atoms with Gasteiger partial charge in [0.25, 0.3) is 0 Å². The van der Waals surface area contributed by atoms with Gasteiger partial charge < -0.3 is 0 Å². The quantitative estimate of drug-likeness (QED) is 0.701. The predicted octanol–water partition coefficient (Wildman–Crippen LogP) is 2.10. The molecule has 59 valence electrons. The summed E-state index contributed by atoms with van der Waals surface area (Å²) in [6.45, 7) is 0. The number of hydrogen-bond acceptors (Lipinski definition) is 3. The molecule has 1 aromatic rings. The Morgan fingerprint density at radius 1 is 1.08 bits per heavy atom. The number of benzene rings is 1. The zero-order chi connectivity index (χ0) is 8.39. The van der Waals surface area contributed by atoms with Crippen molar-refractivity contribution in [3.8, 4) is 0 Å². The van der Waals surface area contributed by atoms with Crippen molar-refractivity contribution >= 4 is 21.8 Å². The van der Waals surface area contributed by atoms with Gasteiger partial charge >= 0.3 is 0 Å². The Kier molecular flexibility index (Phi) is 1.87. The Bertz CT molecular complexity index is 341. The molecule has 1 aliphatic rings. The molecule has 0 atom stereocenters. The zero-order valence-electron chi connectivity index (χ0n) is 5.98. The SMILES string of the molecule is Brc1ccc(C2=N[N]N=N2)cc1. The highest BCUT2D eigenvalue weighted by molar-refractivity contribution is 9.10. The van der Waals surface area contributed by atoms with Crippen LogP contribution in [0.5, 0.6) is 0 Å². The van der Waals surface area contributed by atoms with E-state index < -0.39 is 0 Å². The molecule has 0 saturated carbocycles. The fourth-order valence-electron chi connectivity index (χ4n) is 0.859. The lowest BCUT2D eigenvalue weighted by molar-refractivity contribution is 0.780. The second kappa shape index (κ2) is 3.02. The predicted molar refractivity (Wildman–Crippen MR) is 47.7 cm³/mol. The van der Waals surface area contributed by atoms with Gasteiger partial charge in [0.1, 0.15) is 0 Å². The normalized spacial score (nSPS) is 14.2. The Labute approximate surface area is 77.5 Å². The van der Waals surface area contributed by atoms with Crippen LogP contribution in [-0.4, -0.2) is 5.84 Å². The first kappa shape index (κ1) is 7.42. The minimum Gasteiger partial charge on any atom is -0.106 e. The van der Waals surface area contributed by atoms with Crippen molar-refractivity contribution in [1.82, 2.24) is 5.53 Å². The highest BCUT2D eigenvalue weighted by Crippen LogP contribution is 2.12. The monoisotopic (exact) mass is 223 g/mol. The van der Waals surface area contributed by atoms with Crippen LogP contribution < -0.4 is 5.53 Å². The van der Waals surface area contributed by atoms with Crippen molar-refractivity contribution in [2.45, 2.75) is 0 Å². The molecule has 0 saturated heterocycles. The van der Waals surface area contributed by atoms with Crippen LogP contribution in [0.2, 0.25) is 0 Å². The van der Waals surface area contributed by atoms with Crippen LogP contribution in [0.3, 0.4) is 0 Å². The highest BCUT2D eigenvalue weighted by Gasteiger charge is 2.06. The van der Waals surface area contributed by atoms with Crippen molar-refractivity contribution in [3.63, 3.8) is 0 Å². The topological polar surface area (TPSA) is 51.2 Å². The van der Waals surface area contributed by atoms with Crippen LogP contribution in [0.4, 0.5) is 0 Å². The van der Waals surface area contributed by atoms with E-state index in [0.717, 1.165) is 10.0 Å². The third-order valence-electron chi connectivity index (χ3n) is 1.42. The largest absolute Gasteiger partial charge is 0.207 e. The number of amidine groups is 1. The summed E-state index contributed by atoms with van der Waals surface area (Å²) in [5.74, 6) is 0.558. The lowest BCUT2D eigenvalue weighted by atomic mass is 10.2. The third-order valence-corrected chi connectivity index (χ3v) is 1.95. The summed E-state index contributed by atoms with van der Waals surface area (Å²) in [5, 5.41) is 10.9. The number of hydrogen-bond donors (Lipinski definition) is 0. The molecular weight excluding hydrogens is 220 g/mol. The van der Waals surface area contributed by atoms with Crippen LogP contribution >= 0.6 is 15.9 Å². The Balaban J connectivity index is 2.35. The maximum atomic E-state index is 3.73. The fraction of sp³-hybridized carbons (Fsp3) is 0. The Morgan fingerprint density at radius 3 is 2.42 bits per heavy atom. The molecule has 0 aromatic heterocycles. The average molecular weight is 224 g/mol. The van der Waals surface area contributed by atoms with E-state index in [-0.39, 0.29) is 0 Å². The summed E-state index contributed by atoms with van der Waals surface area (Å²) in [4.78, 5) is 0. The van der Waals surface area contributed by atoms with Crippen LogP contribution in [0.15, 0.2) is 44.2 Å². The minimum absolute atomic E-state index is 0.558. The van der Waals surface area contributed by atoms with Gasteiger partial charge in [-0.25, -0.2) is 0 Å². The highest BCUT2D eigenvalue weighted by atomic mass is 79.9. The van der Waals surface area contributed by atoms with E-state index >= 15 is 0 Å². The second-order valence-corrected chi connectivity index (χ2v) is 3.13. The van der Waals surface area contributed by atoms with Gasteiger partial charge in [0.15, 0.2) is 0 Å². The van der Waals surface area contributed by atoms with Crippen LogP contribution in [0.25, 0.3) is 0 Å². The van der Waals surface area contributed by atoms with Crippen molar-refractivity contribution in [3.05, 3.63) is 34.3 Å². The molecule has 1 aromatic carbocycles. The number of halogens is 1. The van der Waals surface area contributed by atoms with Gasteiger partial charge in [0, 0.05) is 10.0 Å². The minimum atomic E-state index is 0.558. The lowest BCUT2D eigenvalue weighted by Crippen LogP contribution is -1.92. The smallest absolute Gasteiger partial charge is 0.106 e. The fourth-order valence-corrected chi connectivity index (χ4v) is 1.12. The molecule has 4 nitrogen and oxygen atoms in total. The molecule has 0 aliphatic carbocycles. The van der Waals surface area contributed by atoms with E-state index in [1.54, 1.807) is 0 Å². The Morgan fingerprint density at radius 2 is 1.83 bits per heavy atom. The summed E-state index contributed by atoms with van der Waals surface area (Å²) in [6.07, 6.45) is 0. The molecular formula is C7H4BrN4. The molecule has 0 fully saturated rings. The molecule has 0 amide bonds. The molecule has 1 radical (unpaired) electrons. The molecule has 0 N–H and O–H groups in total. The first-order valence-corrected chi connectivity index (χ1v) is 4.10. The molecule has 0 bridgehead atoms. The van der Waals surface area contributed by atoms with E-state index in [4.69, 9.17) is 0 Å². The van der Waals surface area contributed by atoms with Crippen LogP contribution in [-0.2, 0) is 0 Å². The summed E-state index contributed by atoms with van der Waals surface area (Å²) in [5.41, 5.74) is 4.32. The summed E-state index contributed by atoms with van der Waals surface area (Å²) in [6, 6.07) is 7.66. The van der Waals surface area contributed by atoms with Gasteiger partial charge in [0.05, 0.1) is 0 Å². The first-order valence-electron chi connectivity index (χ1n) is 3.31. The molecule has 0 spiro atoms. The van der Waals surface area contributed by atoms with Crippen molar-refractivity contribution in [2.24, 2.45) is 15.4 Å². The van der Waals surface area contributed by atoms with Crippen LogP contribution in [0, 0.1) is 0 Å². The summed E-state index contributed by atoms with van der Waals surface area (Å²) < 4.78 is 1.03. The van der Waals surface area contributed by atoms with E-state index in [0.29, 0.717) is 5.84 Å². The third kappa shape index (κ3) is 1.35. The van der Waals surface area contributed by atoms with Gasteiger partial charge in [0.2, 0.25) is 5.84 Å². The molecule has 12 heavy (non-hydrogen) atoms. The molecule has 2 rings (SSSR count). The van der Waals surface area contributed by atoms with Gasteiger partial charge in [-0.1, -0.05) is 15.9 Å². The van der Waals surface area contributed by atoms with Crippen molar-refractivity contribution in [2.75, 3.05) is 0 Å². The van der Waals surface area contributed by atoms with Gasteiger partial charge in [-0.05, 0) is 35.0 Å². The number of nitrogens with zero attached hydrogens (tertiary/aromatic N) is 4. The van der Waals surface area contributed by atoms with Crippen LogP contribution in [0.1, 0.15) is 5.56 Å². The van der Waals surface area contributed by atoms with Gasteiger partial charge in [-0.15, -0.1) is 10.2 Å². The molecule has 1 aliphatic heterocycles. The second-order valence-electron chi connectivity index (χ2n) is 2.21. The van der Waals surface area contributed by atoms with Crippen molar-refractivity contribution < 1.29 is 0 Å². The lowest BCUT2D eigenvalue weighted by Gasteiger charge is -1.93. The summed E-state index contributed by atoms with van der Waals surface area (Å²) in [7, 11) is 0. The van der Waals surface area contributed by atoms with Crippen molar-refractivity contribution in [1.29, 1.82) is 0 Å². The van der Waals surface area contributed by atoms with Gasteiger partial charge in [-0.3, -0.25) is 0 Å². The molecule has 0 unspecified atom stereocenters. The van der Waals surface area contributed by atoms with Gasteiger partial charge in [-0.2, -0.15) is 0 Å². The van der Waals surface area contributed by atoms with E-state index in [1.807, 2.05) is 24.3 Å². The van der Waals surface area contributed by atoms with E-state index in [1.165, 1.54) is 0 Å². The summed E-state index contributed by atoms with van der Waals surface area (Å²) >= 11 is 3.34.